The molecule has 0 saturated carbocycles. The molecule has 1 N–H and O–H groups in total. The maximum absolute atomic E-state index is 12.8. The highest BCUT2D eigenvalue weighted by Gasteiger charge is 2.29. The number of nitrogens with zero attached hydrogens (tertiary/aromatic N) is 1. The van der Waals surface area contributed by atoms with Gasteiger partial charge in [0.2, 0.25) is 10.0 Å². The molecule has 6 nitrogen and oxygen atoms in total. The lowest BCUT2D eigenvalue weighted by Crippen LogP contribution is -2.28. The van der Waals surface area contributed by atoms with Crippen LogP contribution in [0.15, 0.2) is 52.8 Å². The molecule has 1 saturated heterocycles. The predicted octanol–water partition coefficient (Wildman–Crippen LogP) is 4.19. The minimum Gasteiger partial charge on any atom is -0.280 e. The highest BCUT2D eigenvalue weighted by molar-refractivity contribution is 7.95. The zero-order valence-electron chi connectivity index (χ0n) is 14.7. The third-order valence-electron chi connectivity index (χ3n) is 4.18. The molecule has 1 aliphatic rings. The second kappa shape index (κ2) is 8.42. The second-order valence-electron chi connectivity index (χ2n) is 6.26. The Morgan fingerprint density at radius 2 is 1.57 bits per heavy atom. The van der Waals surface area contributed by atoms with Crippen LogP contribution >= 0.6 is 23.2 Å². The van der Waals surface area contributed by atoms with Gasteiger partial charge in [0.05, 0.1) is 16.1 Å². The van der Waals surface area contributed by atoms with Crippen molar-refractivity contribution in [3.8, 4) is 0 Å². The molecule has 10 heteroatoms. The third kappa shape index (κ3) is 5.07. The van der Waals surface area contributed by atoms with Gasteiger partial charge in [0.15, 0.2) is 0 Å². The Hall–Kier alpha value is -1.58. The summed E-state index contributed by atoms with van der Waals surface area (Å²) in [6, 6.07) is 10.7. The first-order chi connectivity index (χ1) is 13.2. The standard InChI is InChI=1S/C18H18Cl2N2O4S2/c19-15-5-3-14(4-6-15)9-12-27(23,24)21-16-7-8-17(20)18(13-16)28(25,26)22-10-1-2-11-22/h3-9,12-13,21H,1-2,10-11H2/b12-9+. The Morgan fingerprint density at radius 3 is 2.21 bits per heavy atom. The van der Waals surface area contributed by atoms with E-state index in [1.807, 2.05) is 0 Å². The van der Waals surface area contributed by atoms with Crippen LogP contribution in [0.1, 0.15) is 18.4 Å². The number of hydrogen-bond donors (Lipinski definition) is 1. The zero-order chi connectivity index (χ0) is 20.4. The lowest BCUT2D eigenvalue weighted by atomic mass is 10.2. The van der Waals surface area contributed by atoms with E-state index in [2.05, 4.69) is 4.72 Å². The molecule has 0 bridgehead atoms. The molecular formula is C18H18Cl2N2O4S2. The molecule has 2 aromatic rings. The molecule has 0 aromatic heterocycles. The number of nitrogens with one attached hydrogen (secondary N) is 1. The van der Waals surface area contributed by atoms with E-state index in [-0.39, 0.29) is 15.6 Å². The summed E-state index contributed by atoms with van der Waals surface area (Å²) in [5.41, 5.74) is 0.770. The molecule has 1 aliphatic heterocycles. The van der Waals surface area contributed by atoms with Crippen molar-refractivity contribution >= 4 is 55.0 Å². The van der Waals surface area contributed by atoms with E-state index >= 15 is 0 Å². The minimum atomic E-state index is -3.85. The molecule has 3 rings (SSSR count). The van der Waals surface area contributed by atoms with Gasteiger partial charge in [-0.3, -0.25) is 4.72 Å². The van der Waals surface area contributed by atoms with Gasteiger partial charge in [-0.15, -0.1) is 0 Å². The fourth-order valence-corrected chi connectivity index (χ4v) is 5.78. The van der Waals surface area contributed by atoms with Crippen LogP contribution in [0.25, 0.3) is 6.08 Å². The van der Waals surface area contributed by atoms with Crippen molar-refractivity contribution < 1.29 is 16.8 Å². The van der Waals surface area contributed by atoms with Crippen LogP contribution in [-0.2, 0) is 20.0 Å². The molecule has 2 aromatic carbocycles. The fraction of sp³-hybridized carbons (Fsp3) is 0.222. The highest BCUT2D eigenvalue weighted by atomic mass is 35.5. The molecular weight excluding hydrogens is 443 g/mol. The summed E-state index contributed by atoms with van der Waals surface area (Å²) in [6.45, 7) is 0.858. The molecule has 0 aliphatic carbocycles. The molecule has 0 spiro atoms. The Kier molecular flexibility index (Phi) is 6.36. The van der Waals surface area contributed by atoms with Gasteiger partial charge in [-0.25, -0.2) is 16.8 Å². The Labute approximate surface area is 174 Å². The Balaban J connectivity index is 1.83. The molecule has 0 amide bonds. The van der Waals surface area contributed by atoms with Crippen molar-refractivity contribution in [3.63, 3.8) is 0 Å². The summed E-state index contributed by atoms with van der Waals surface area (Å²) in [6.07, 6.45) is 2.99. The number of rotatable bonds is 6. The summed E-state index contributed by atoms with van der Waals surface area (Å²) in [5, 5.41) is 1.59. The van der Waals surface area contributed by atoms with Crippen LogP contribution in [0.4, 0.5) is 5.69 Å². The van der Waals surface area contributed by atoms with Crippen LogP contribution in [0.3, 0.4) is 0 Å². The normalized spacial score (nSPS) is 15.9. The number of hydrogen-bond acceptors (Lipinski definition) is 4. The summed E-state index contributed by atoms with van der Waals surface area (Å²) < 4.78 is 53.9. The van der Waals surface area contributed by atoms with Gasteiger partial charge in [0.25, 0.3) is 10.0 Å². The largest absolute Gasteiger partial charge is 0.280 e. The summed E-state index contributed by atoms with van der Waals surface area (Å²) in [7, 11) is -7.62. The van der Waals surface area contributed by atoms with Crippen LogP contribution in [0.2, 0.25) is 10.0 Å². The summed E-state index contributed by atoms with van der Waals surface area (Å²) in [5.74, 6) is 0. The fourth-order valence-electron chi connectivity index (χ4n) is 2.77. The second-order valence-corrected chi connectivity index (χ2v) is 10.6. The van der Waals surface area contributed by atoms with E-state index in [1.54, 1.807) is 24.3 Å². The van der Waals surface area contributed by atoms with Crippen molar-refractivity contribution in [1.82, 2.24) is 4.31 Å². The predicted molar refractivity (Wildman–Crippen MR) is 112 cm³/mol. The van der Waals surface area contributed by atoms with Crippen molar-refractivity contribution in [2.75, 3.05) is 17.8 Å². The van der Waals surface area contributed by atoms with E-state index < -0.39 is 20.0 Å². The van der Waals surface area contributed by atoms with Crippen molar-refractivity contribution in [1.29, 1.82) is 0 Å². The molecule has 0 atom stereocenters. The number of anilines is 1. The average Bonchev–Trinajstić information content (AvgIpc) is 3.18. The molecule has 0 unspecified atom stereocenters. The van der Waals surface area contributed by atoms with E-state index in [4.69, 9.17) is 23.2 Å². The molecule has 0 radical (unpaired) electrons. The Morgan fingerprint density at radius 1 is 0.929 bits per heavy atom. The monoisotopic (exact) mass is 460 g/mol. The zero-order valence-corrected chi connectivity index (χ0v) is 17.8. The van der Waals surface area contributed by atoms with Gasteiger partial charge in [-0.1, -0.05) is 35.3 Å². The summed E-state index contributed by atoms with van der Waals surface area (Å²) >= 11 is 11.9. The van der Waals surface area contributed by atoms with Gasteiger partial charge in [0, 0.05) is 18.1 Å². The van der Waals surface area contributed by atoms with Gasteiger partial charge in [0.1, 0.15) is 4.90 Å². The smallest absolute Gasteiger partial charge is 0.255 e. The van der Waals surface area contributed by atoms with Crippen LogP contribution in [0, 0.1) is 0 Å². The first kappa shape index (κ1) is 21.1. The maximum atomic E-state index is 12.8. The van der Waals surface area contributed by atoms with Gasteiger partial charge in [-0.05, 0) is 54.8 Å². The molecule has 150 valence electrons. The molecule has 1 heterocycles. The Bertz CT molecular complexity index is 1090. The van der Waals surface area contributed by atoms with Gasteiger partial charge >= 0.3 is 0 Å². The van der Waals surface area contributed by atoms with Crippen molar-refractivity contribution in [2.45, 2.75) is 17.7 Å². The lowest BCUT2D eigenvalue weighted by molar-refractivity contribution is 0.477. The maximum Gasteiger partial charge on any atom is 0.255 e. The lowest BCUT2D eigenvalue weighted by Gasteiger charge is -2.17. The average molecular weight is 461 g/mol. The van der Waals surface area contributed by atoms with E-state index in [9.17, 15) is 16.8 Å². The van der Waals surface area contributed by atoms with Gasteiger partial charge in [-0.2, -0.15) is 4.31 Å². The molecule has 28 heavy (non-hydrogen) atoms. The number of sulfonamides is 2. The van der Waals surface area contributed by atoms with Crippen molar-refractivity contribution in [2.24, 2.45) is 0 Å². The third-order valence-corrected chi connectivity index (χ3v) is 7.83. The van der Waals surface area contributed by atoms with Crippen LogP contribution < -0.4 is 4.72 Å². The first-order valence-electron chi connectivity index (χ1n) is 8.44. The topological polar surface area (TPSA) is 83.5 Å². The first-order valence-corrected chi connectivity index (χ1v) is 12.2. The SMILES string of the molecule is O=S(=O)(/C=C/c1ccc(Cl)cc1)Nc1ccc(Cl)c(S(=O)(=O)N2CCCC2)c1. The van der Waals surface area contributed by atoms with Gasteiger partial charge < -0.3 is 0 Å². The minimum absolute atomic E-state index is 0.0477. The van der Waals surface area contributed by atoms with E-state index in [1.165, 1.54) is 28.6 Å². The number of benzene rings is 2. The molecule has 1 fully saturated rings. The van der Waals surface area contributed by atoms with Crippen LogP contribution in [0.5, 0.6) is 0 Å². The van der Waals surface area contributed by atoms with E-state index in [0.717, 1.165) is 18.2 Å². The quantitative estimate of drug-likeness (QED) is 0.699. The highest BCUT2D eigenvalue weighted by Crippen LogP contribution is 2.30. The van der Waals surface area contributed by atoms with Crippen LogP contribution in [-0.4, -0.2) is 34.2 Å². The summed E-state index contributed by atoms with van der Waals surface area (Å²) in [4.78, 5) is -0.113. The number of halogens is 2. The van der Waals surface area contributed by atoms with Crippen molar-refractivity contribution in [3.05, 3.63) is 63.5 Å². The van der Waals surface area contributed by atoms with E-state index in [0.29, 0.717) is 23.7 Å².